The van der Waals surface area contributed by atoms with Crippen molar-refractivity contribution in [3.8, 4) is 0 Å². The zero-order chi connectivity index (χ0) is 7.84. The molecule has 2 heterocycles. The van der Waals surface area contributed by atoms with Crippen LogP contribution in [0.15, 0.2) is 4.63 Å². The number of aliphatic hydroxyl groups excluding tert-OH is 1. The Balaban J connectivity index is 1.80. The van der Waals surface area contributed by atoms with Gasteiger partial charge in [0.05, 0.1) is 19.2 Å². The number of aliphatic hydroxyl groups is 1. The van der Waals surface area contributed by atoms with E-state index in [2.05, 4.69) is 0 Å². The van der Waals surface area contributed by atoms with E-state index in [0.29, 0.717) is 13.1 Å². The minimum Gasteiger partial charge on any atom is -0.389 e. The van der Waals surface area contributed by atoms with Crippen molar-refractivity contribution >= 4 is 11.6 Å². The molecule has 0 unspecified atom stereocenters. The van der Waals surface area contributed by atoms with Crippen molar-refractivity contribution < 1.29 is 14.6 Å². The molecule has 1 aromatic heterocycles. The van der Waals surface area contributed by atoms with Crippen LogP contribution in [0.1, 0.15) is 0 Å². The third-order valence-corrected chi connectivity index (χ3v) is 1.60. The Labute approximate surface area is 67.3 Å². The number of hydrogen-bond acceptors (Lipinski definition) is 4. The molecule has 7 heteroatoms. The molecule has 64 valence electrons. The second-order valence-electron chi connectivity index (χ2n) is 2.34. The maximum Gasteiger partial charge on any atom is 0.193 e. The molecule has 0 amide bonds. The van der Waals surface area contributed by atoms with Gasteiger partial charge in [-0.1, -0.05) is 11.6 Å². The van der Waals surface area contributed by atoms with E-state index in [1.807, 2.05) is 0 Å². The molecular formula is C4H8ClN3O3. The Bertz CT molecular complexity index is 223. The molecule has 1 aromatic rings. The quantitative estimate of drug-likeness (QED) is 0.597. The average Bonchev–Trinajstić information content (AvgIpc) is 2.62. The van der Waals surface area contributed by atoms with Gasteiger partial charge in [-0.05, 0) is 0 Å². The minimum atomic E-state index is -0.253. The van der Waals surface area contributed by atoms with Crippen LogP contribution in [0, 0.1) is 0 Å². The van der Waals surface area contributed by atoms with Crippen LogP contribution in [0.3, 0.4) is 0 Å². The summed E-state index contributed by atoms with van der Waals surface area (Å²) in [7, 11) is 0. The number of β-amino-alcohol motifs (C(OH)–C–C–N with tert-alkyl or cyclic N) is 1. The first-order valence-electron chi connectivity index (χ1n) is 3.21. The van der Waals surface area contributed by atoms with Crippen LogP contribution < -0.4 is 9.85 Å². The second kappa shape index (κ2) is 2.38. The summed E-state index contributed by atoms with van der Waals surface area (Å²) in [4.78, 5) is 6.13. The molecule has 1 N–H and O–H groups in total. The molecule has 0 aromatic carbocycles. The Kier molecular flexibility index (Phi) is 1.50. The van der Waals surface area contributed by atoms with Gasteiger partial charge in [0, 0.05) is 4.96 Å². The first-order valence-corrected chi connectivity index (χ1v) is 3.75. The summed E-state index contributed by atoms with van der Waals surface area (Å²) < 4.78 is 4.78. The maximum absolute atomic E-state index is 8.90. The highest BCUT2D eigenvalue weighted by Crippen LogP contribution is 2.08. The number of halogens is 1. The van der Waals surface area contributed by atoms with E-state index < -0.39 is 0 Å². The highest BCUT2D eigenvalue weighted by atomic mass is 35.5. The lowest BCUT2D eigenvalue weighted by atomic mass is 10.2. The van der Waals surface area contributed by atoms with Gasteiger partial charge in [0.1, 0.15) is 5.02 Å². The van der Waals surface area contributed by atoms with Gasteiger partial charge in [0.2, 0.25) is 0 Å². The highest BCUT2D eigenvalue weighted by Gasteiger charge is 2.32. The largest absolute Gasteiger partial charge is 0.389 e. The molecule has 1 fully saturated rings. The molecule has 1 aliphatic rings. The minimum absolute atomic E-state index is 0.0485. The summed E-state index contributed by atoms with van der Waals surface area (Å²) in [5, 5.41) is 11.8. The Morgan fingerprint density at radius 3 is 2.91 bits per heavy atom. The number of rotatable bonds is 3. The molecule has 0 radical (unpaired) electrons. The summed E-state index contributed by atoms with van der Waals surface area (Å²) in [6.07, 6.45) is -0.253. The molecule has 0 bridgehead atoms. The molecule has 1 saturated heterocycles. The van der Waals surface area contributed by atoms with Crippen LogP contribution in [0.5, 0.6) is 0 Å². The fourth-order valence-electron chi connectivity index (χ4n) is 0.889. The average molecular weight is 182 g/mol. The van der Waals surface area contributed by atoms with E-state index in [9.17, 15) is 0 Å². The molecule has 0 saturated carbocycles. The Hall–Kier alpha value is -0.750. The van der Waals surface area contributed by atoms with Crippen molar-refractivity contribution in [3.63, 3.8) is 0 Å². The molecule has 6 nitrogen and oxygen atoms in total. The van der Waals surface area contributed by atoms with Crippen molar-refractivity contribution in [1.82, 2.24) is 9.98 Å². The van der Waals surface area contributed by atoms with Crippen LogP contribution in [-0.2, 0) is 0 Å². The van der Waals surface area contributed by atoms with Crippen molar-refractivity contribution in [2.24, 2.45) is 0 Å². The first kappa shape index (κ1) is 6.93. The van der Waals surface area contributed by atoms with E-state index >= 15 is 0 Å². The summed E-state index contributed by atoms with van der Waals surface area (Å²) in [5.41, 5.74) is 0. The molecule has 0 spiro atoms. The third-order valence-electron chi connectivity index (χ3n) is 1.50. The van der Waals surface area contributed by atoms with Crippen LogP contribution in [0.2, 0.25) is 0 Å². The summed E-state index contributed by atoms with van der Waals surface area (Å²) in [6, 6.07) is 0.0485. The van der Waals surface area contributed by atoms with Gasteiger partial charge in [-0.15, -0.1) is 0 Å². The monoisotopic (exact) mass is 181 g/mol. The molecule has 0 aliphatic carbocycles. The number of hydrogen-bond donors (Lipinski definition) is 1. The van der Waals surface area contributed by atoms with Gasteiger partial charge in [0.15, 0.2) is 6.07 Å². The van der Waals surface area contributed by atoms with Crippen molar-refractivity contribution in [2.75, 3.05) is 24.2 Å². The highest BCUT2D eigenvalue weighted by molar-refractivity contribution is 6.17. The molecule has 0 atom stereocenters. The third kappa shape index (κ3) is 1.19. The van der Waals surface area contributed by atoms with E-state index in [-0.39, 0.29) is 12.2 Å². The zero-order valence-corrected chi connectivity index (χ0v) is 6.44. The SMILES string of the molecule is OC1CN(n2on2OCCl)C1. The number of nitrogens with zero attached hydrogens (tertiary/aromatic N) is 3. The molecule has 1 aliphatic heterocycles. The van der Waals surface area contributed by atoms with Crippen LogP contribution >= 0.6 is 11.6 Å². The molecular weight excluding hydrogens is 174 g/mol. The summed E-state index contributed by atoms with van der Waals surface area (Å²) in [5.74, 6) is 0. The zero-order valence-electron chi connectivity index (χ0n) is 5.68. The Morgan fingerprint density at radius 1 is 1.64 bits per heavy atom. The van der Waals surface area contributed by atoms with E-state index in [1.165, 1.54) is 4.96 Å². The predicted molar refractivity (Wildman–Crippen MR) is 35.9 cm³/mol. The van der Waals surface area contributed by atoms with Gasteiger partial charge < -0.3 is 9.94 Å². The van der Waals surface area contributed by atoms with Gasteiger partial charge in [0.25, 0.3) is 0 Å². The lowest BCUT2D eigenvalue weighted by Crippen LogP contribution is -2.55. The van der Waals surface area contributed by atoms with E-state index in [4.69, 9.17) is 26.2 Å². The standard InChI is InChI=1S/C4H8ClN3O3/c5-3-10-8-7(11-8)6-1-4(9)2-6/h4,9H,1-3H2. The molecule has 11 heavy (non-hydrogen) atoms. The summed E-state index contributed by atoms with van der Waals surface area (Å²) >= 11 is 5.26. The first-order chi connectivity index (χ1) is 5.31. The van der Waals surface area contributed by atoms with Gasteiger partial charge in [-0.25, -0.2) is 0 Å². The van der Waals surface area contributed by atoms with Crippen LogP contribution in [0.4, 0.5) is 0 Å². The topological polar surface area (TPSA) is 55.7 Å². The molecule has 2 rings (SSSR count). The number of aromatic nitrogens is 2. The second-order valence-corrected chi connectivity index (χ2v) is 2.55. The van der Waals surface area contributed by atoms with Gasteiger partial charge in [-0.2, -0.15) is 4.63 Å². The van der Waals surface area contributed by atoms with Crippen molar-refractivity contribution in [1.29, 1.82) is 0 Å². The smallest absolute Gasteiger partial charge is 0.193 e. The number of alkyl halides is 1. The van der Waals surface area contributed by atoms with Crippen molar-refractivity contribution in [3.05, 3.63) is 0 Å². The lowest BCUT2D eigenvalue weighted by molar-refractivity contribution is 0.0766. The van der Waals surface area contributed by atoms with Gasteiger partial charge in [-0.3, -0.25) is 5.01 Å². The lowest BCUT2D eigenvalue weighted by Gasteiger charge is -2.31. The Morgan fingerprint density at radius 2 is 2.36 bits per heavy atom. The summed E-state index contributed by atoms with van der Waals surface area (Å²) in [6.45, 7) is 1.14. The van der Waals surface area contributed by atoms with E-state index in [0.717, 1.165) is 5.02 Å². The fourth-order valence-corrected chi connectivity index (χ4v) is 0.972. The normalized spacial score (nSPS) is 18.9. The van der Waals surface area contributed by atoms with Crippen molar-refractivity contribution in [2.45, 2.75) is 6.10 Å². The van der Waals surface area contributed by atoms with E-state index in [1.54, 1.807) is 5.01 Å². The fraction of sp³-hybridized carbons (Fsp3) is 1.00. The maximum atomic E-state index is 8.90. The predicted octanol–water partition coefficient (Wildman–Crippen LogP) is -1.18. The van der Waals surface area contributed by atoms with Crippen LogP contribution in [0.25, 0.3) is 0 Å². The van der Waals surface area contributed by atoms with Crippen LogP contribution in [-0.4, -0.2) is 40.3 Å². The van der Waals surface area contributed by atoms with Gasteiger partial charge >= 0.3 is 0 Å².